The van der Waals surface area contributed by atoms with E-state index in [9.17, 15) is 18.3 Å². The number of carbonyl (C=O) groups is 1. The fraction of sp³-hybridized carbons (Fsp3) is 0.136. The number of rotatable bonds is 5. The molecule has 0 saturated heterocycles. The predicted octanol–water partition coefficient (Wildman–Crippen LogP) is 2.66. The van der Waals surface area contributed by atoms with Crippen molar-refractivity contribution in [2.45, 2.75) is 4.90 Å². The zero-order valence-electron chi connectivity index (χ0n) is 18.8. The van der Waals surface area contributed by atoms with Crippen LogP contribution in [0, 0.1) is 0 Å². The predicted molar refractivity (Wildman–Crippen MR) is 127 cm³/mol. The summed E-state index contributed by atoms with van der Waals surface area (Å²) in [4.78, 5) is 21.6. The van der Waals surface area contributed by atoms with Gasteiger partial charge >= 0.3 is 6.09 Å². The lowest BCUT2D eigenvalue weighted by molar-refractivity contribution is 0.203. The second-order valence-corrected chi connectivity index (χ2v) is 9.73. The van der Waals surface area contributed by atoms with Gasteiger partial charge in [0.2, 0.25) is 0 Å². The van der Waals surface area contributed by atoms with Crippen molar-refractivity contribution in [2.75, 3.05) is 25.3 Å². The third-order valence-electron chi connectivity index (χ3n) is 5.51. The maximum atomic E-state index is 12.2. The number of carboxylic acid groups (broad SMARTS) is 1. The van der Waals surface area contributed by atoms with E-state index in [0.717, 1.165) is 11.2 Å². The van der Waals surface area contributed by atoms with Crippen LogP contribution in [0.2, 0.25) is 0 Å². The highest BCUT2D eigenvalue weighted by molar-refractivity contribution is 7.90. The van der Waals surface area contributed by atoms with Crippen LogP contribution in [-0.2, 0) is 9.84 Å². The lowest BCUT2D eigenvalue weighted by atomic mass is 10.2. The molecule has 4 aromatic heterocycles. The Morgan fingerprint density at radius 1 is 1.17 bits per heavy atom. The number of sulfone groups is 1. The van der Waals surface area contributed by atoms with E-state index in [1.807, 2.05) is 0 Å². The van der Waals surface area contributed by atoms with Crippen LogP contribution in [0.25, 0.3) is 33.5 Å². The Hall–Kier alpha value is -4.52. The number of nitrogens with zero attached hydrogens (tertiary/aromatic N) is 7. The van der Waals surface area contributed by atoms with Crippen LogP contribution >= 0.6 is 0 Å². The molecule has 0 unspecified atom stereocenters. The van der Waals surface area contributed by atoms with Crippen molar-refractivity contribution in [3.05, 3.63) is 55.1 Å². The Labute approximate surface area is 198 Å². The summed E-state index contributed by atoms with van der Waals surface area (Å²) in [5.41, 5.74) is 2.57. The molecule has 0 atom stereocenters. The summed E-state index contributed by atoms with van der Waals surface area (Å²) >= 11 is 0. The van der Waals surface area contributed by atoms with E-state index in [4.69, 9.17) is 4.74 Å². The number of aromatic nitrogens is 6. The highest BCUT2D eigenvalue weighted by atomic mass is 32.2. The van der Waals surface area contributed by atoms with Crippen LogP contribution in [0.4, 0.5) is 10.6 Å². The Kier molecular flexibility index (Phi) is 5.13. The van der Waals surface area contributed by atoms with Gasteiger partial charge in [-0.15, -0.1) is 5.10 Å². The van der Waals surface area contributed by atoms with Gasteiger partial charge in [0.05, 0.1) is 40.4 Å². The number of anilines is 1. The molecule has 0 aliphatic heterocycles. The number of fused-ring (bicyclic) bond motifs is 2. The minimum atomic E-state index is -3.54. The third-order valence-corrected chi connectivity index (χ3v) is 6.62. The van der Waals surface area contributed by atoms with Gasteiger partial charge in [0.1, 0.15) is 11.4 Å². The monoisotopic (exact) mass is 493 g/mol. The van der Waals surface area contributed by atoms with Crippen LogP contribution in [0.15, 0.2) is 60.0 Å². The number of methoxy groups -OCH3 is 1. The summed E-state index contributed by atoms with van der Waals surface area (Å²) < 4.78 is 33.0. The Morgan fingerprint density at radius 3 is 2.69 bits per heavy atom. The van der Waals surface area contributed by atoms with Gasteiger partial charge in [-0.3, -0.25) is 9.88 Å². The quantitative estimate of drug-likeness (QED) is 0.390. The molecular weight excluding hydrogens is 474 g/mol. The molecule has 0 aliphatic rings. The lowest BCUT2D eigenvalue weighted by Crippen LogP contribution is -2.24. The number of amides is 1. The minimum Gasteiger partial charge on any atom is -0.494 e. The van der Waals surface area contributed by atoms with Gasteiger partial charge in [-0.25, -0.2) is 27.4 Å². The van der Waals surface area contributed by atoms with Gasteiger partial charge in [0, 0.05) is 31.9 Å². The molecule has 5 aromatic rings. The molecular formula is C22H19N7O5S. The van der Waals surface area contributed by atoms with E-state index in [0.29, 0.717) is 39.2 Å². The normalized spacial score (nSPS) is 11.7. The van der Waals surface area contributed by atoms with Crippen molar-refractivity contribution >= 4 is 38.3 Å². The Morgan fingerprint density at radius 2 is 1.97 bits per heavy atom. The van der Waals surface area contributed by atoms with E-state index in [-0.39, 0.29) is 10.7 Å². The molecule has 4 heterocycles. The number of hydrogen-bond donors (Lipinski definition) is 1. The van der Waals surface area contributed by atoms with Crippen LogP contribution < -0.4 is 9.64 Å². The third kappa shape index (κ3) is 3.71. The minimum absolute atomic E-state index is 0.0613. The smallest absolute Gasteiger partial charge is 0.412 e. The fourth-order valence-electron chi connectivity index (χ4n) is 3.74. The second-order valence-electron chi connectivity index (χ2n) is 7.72. The first-order chi connectivity index (χ1) is 16.7. The summed E-state index contributed by atoms with van der Waals surface area (Å²) in [6.07, 6.45) is 6.43. The van der Waals surface area contributed by atoms with Crippen LogP contribution in [0.3, 0.4) is 0 Å². The molecule has 1 N–H and O–H groups in total. The molecule has 0 fully saturated rings. The van der Waals surface area contributed by atoms with Crippen LogP contribution in [-0.4, -0.2) is 69.4 Å². The van der Waals surface area contributed by atoms with Gasteiger partial charge in [-0.2, -0.15) is 5.10 Å². The standard InChI is InChI=1S/C22H19N7O5S/c1-27(22(30)31)21-15-11-24-16(14-12-25-28-8-4-7-23-20(14)28)10-17(15)29(26-21)18-9-13(35(3,32)33)5-6-19(18)34-2/h4-12H,1-3H3,(H,30,31). The number of benzene rings is 1. The molecule has 1 amide bonds. The zero-order chi connectivity index (χ0) is 24.9. The molecule has 35 heavy (non-hydrogen) atoms. The van der Waals surface area contributed by atoms with Crippen molar-refractivity contribution in [3.63, 3.8) is 0 Å². The highest BCUT2D eigenvalue weighted by Gasteiger charge is 2.23. The summed E-state index contributed by atoms with van der Waals surface area (Å²) in [5, 5.41) is 18.8. The molecule has 0 aliphatic carbocycles. The number of ether oxygens (including phenoxy) is 1. The average molecular weight is 494 g/mol. The van der Waals surface area contributed by atoms with Crippen molar-refractivity contribution in [2.24, 2.45) is 0 Å². The maximum Gasteiger partial charge on any atom is 0.412 e. The second kappa shape index (κ2) is 8.06. The van der Waals surface area contributed by atoms with Crippen molar-refractivity contribution < 1.29 is 23.1 Å². The SMILES string of the molecule is COc1ccc(S(C)(=O)=O)cc1-n1nc(N(C)C(=O)O)c2cnc(-c3cnn4cccnc34)cc21. The van der Waals surface area contributed by atoms with E-state index in [1.54, 1.807) is 35.2 Å². The number of pyridine rings is 1. The zero-order valence-corrected chi connectivity index (χ0v) is 19.6. The van der Waals surface area contributed by atoms with Gasteiger partial charge in [0.15, 0.2) is 21.3 Å². The molecule has 12 nitrogen and oxygen atoms in total. The van der Waals surface area contributed by atoms with E-state index >= 15 is 0 Å². The van der Waals surface area contributed by atoms with Gasteiger partial charge in [-0.05, 0) is 30.3 Å². The van der Waals surface area contributed by atoms with E-state index in [2.05, 4.69) is 20.2 Å². The molecule has 0 spiro atoms. The number of hydrogen-bond acceptors (Lipinski definition) is 8. The molecule has 0 bridgehead atoms. The van der Waals surface area contributed by atoms with Crippen LogP contribution in [0.1, 0.15) is 0 Å². The van der Waals surface area contributed by atoms with Crippen LogP contribution in [0.5, 0.6) is 5.75 Å². The van der Waals surface area contributed by atoms with Crippen molar-refractivity contribution in [1.82, 2.24) is 29.4 Å². The molecule has 5 rings (SSSR count). The topological polar surface area (TPSA) is 145 Å². The van der Waals surface area contributed by atoms with Gasteiger partial charge < -0.3 is 9.84 Å². The average Bonchev–Trinajstić information content (AvgIpc) is 3.44. The molecule has 0 saturated carbocycles. The van der Waals surface area contributed by atoms with Crippen molar-refractivity contribution in [3.8, 4) is 22.7 Å². The van der Waals surface area contributed by atoms with Gasteiger partial charge in [0.25, 0.3) is 0 Å². The summed E-state index contributed by atoms with van der Waals surface area (Å²) in [5.74, 6) is 0.471. The first-order valence-corrected chi connectivity index (χ1v) is 12.1. The first-order valence-electron chi connectivity index (χ1n) is 10.2. The van der Waals surface area contributed by atoms with E-state index < -0.39 is 15.9 Å². The molecule has 1 aromatic carbocycles. The highest BCUT2D eigenvalue weighted by Crippen LogP contribution is 2.34. The Balaban J connectivity index is 1.82. The summed E-state index contributed by atoms with van der Waals surface area (Å²) in [6, 6.07) is 7.87. The largest absolute Gasteiger partial charge is 0.494 e. The molecule has 0 radical (unpaired) electrons. The fourth-order valence-corrected chi connectivity index (χ4v) is 4.38. The Bertz CT molecular complexity index is 1730. The molecule has 13 heteroatoms. The lowest BCUT2D eigenvalue weighted by Gasteiger charge is -2.12. The van der Waals surface area contributed by atoms with Crippen molar-refractivity contribution in [1.29, 1.82) is 0 Å². The van der Waals surface area contributed by atoms with E-state index in [1.165, 1.54) is 43.2 Å². The van der Waals surface area contributed by atoms with Gasteiger partial charge in [-0.1, -0.05) is 0 Å². The summed E-state index contributed by atoms with van der Waals surface area (Å²) in [6.45, 7) is 0. The summed E-state index contributed by atoms with van der Waals surface area (Å²) in [7, 11) is -0.722. The first kappa shape index (κ1) is 22.3. The molecule has 178 valence electrons. The maximum absolute atomic E-state index is 12.2.